The number of benzene rings is 1. The molecule has 0 saturated heterocycles. The number of anilines is 1. The number of rotatable bonds is 6. The first-order valence-electron chi connectivity index (χ1n) is 6.29. The standard InChI is InChI=1S/C13H13Cl2N3OS2/c1-2-20-13-18-17-12(21-13)16-10(19)7-6-8-4-3-5-9(14)11(8)15/h3-5H,2,6-7H2,1H3,(H,16,17,19). The minimum atomic E-state index is -0.116. The molecule has 0 atom stereocenters. The lowest BCUT2D eigenvalue weighted by atomic mass is 10.1. The zero-order valence-corrected chi connectivity index (χ0v) is 14.4. The number of carbonyl (C=O) groups excluding carboxylic acids is 1. The number of nitrogens with zero attached hydrogens (tertiary/aromatic N) is 2. The minimum absolute atomic E-state index is 0.116. The molecule has 1 aromatic carbocycles. The van der Waals surface area contributed by atoms with Gasteiger partial charge in [-0.15, -0.1) is 10.2 Å². The van der Waals surface area contributed by atoms with Crippen molar-refractivity contribution >= 4 is 57.3 Å². The average Bonchev–Trinajstić information content (AvgIpc) is 2.88. The summed E-state index contributed by atoms with van der Waals surface area (Å²) in [6.45, 7) is 2.04. The van der Waals surface area contributed by atoms with Crippen LogP contribution in [0.2, 0.25) is 10.0 Å². The first-order valence-corrected chi connectivity index (χ1v) is 8.85. The van der Waals surface area contributed by atoms with Crippen LogP contribution in [-0.2, 0) is 11.2 Å². The van der Waals surface area contributed by atoms with Crippen LogP contribution < -0.4 is 5.32 Å². The number of thioether (sulfide) groups is 1. The van der Waals surface area contributed by atoms with Crippen molar-refractivity contribution in [1.82, 2.24) is 10.2 Å². The summed E-state index contributed by atoms with van der Waals surface area (Å²) in [5, 5.41) is 12.2. The summed E-state index contributed by atoms with van der Waals surface area (Å²) in [5.74, 6) is 0.811. The van der Waals surface area contributed by atoms with E-state index in [9.17, 15) is 4.79 Å². The number of hydrogen-bond donors (Lipinski definition) is 1. The number of nitrogens with one attached hydrogen (secondary N) is 1. The Morgan fingerprint density at radius 2 is 2.19 bits per heavy atom. The van der Waals surface area contributed by atoms with Crippen molar-refractivity contribution in [3.63, 3.8) is 0 Å². The Kier molecular flexibility index (Phi) is 6.29. The number of hydrogen-bond acceptors (Lipinski definition) is 5. The molecule has 0 radical (unpaired) electrons. The summed E-state index contributed by atoms with van der Waals surface area (Å²) in [5.41, 5.74) is 0.860. The number of aromatic nitrogens is 2. The van der Waals surface area contributed by atoms with Gasteiger partial charge in [-0.25, -0.2) is 0 Å². The van der Waals surface area contributed by atoms with E-state index in [2.05, 4.69) is 15.5 Å². The zero-order chi connectivity index (χ0) is 15.2. The lowest BCUT2D eigenvalue weighted by Gasteiger charge is -2.05. The summed E-state index contributed by atoms with van der Waals surface area (Å²) >= 11 is 15.0. The largest absolute Gasteiger partial charge is 0.300 e. The van der Waals surface area contributed by atoms with E-state index in [0.29, 0.717) is 28.0 Å². The smallest absolute Gasteiger partial charge is 0.226 e. The molecule has 0 fully saturated rings. The summed E-state index contributed by atoms with van der Waals surface area (Å²) in [6.07, 6.45) is 0.844. The normalized spacial score (nSPS) is 10.6. The van der Waals surface area contributed by atoms with Crippen molar-refractivity contribution in [2.75, 3.05) is 11.1 Å². The molecule has 112 valence electrons. The molecule has 0 aliphatic heterocycles. The molecule has 2 rings (SSSR count). The van der Waals surface area contributed by atoms with Crippen molar-refractivity contribution < 1.29 is 4.79 Å². The molecular weight excluding hydrogens is 349 g/mol. The van der Waals surface area contributed by atoms with E-state index in [0.717, 1.165) is 15.7 Å². The molecule has 8 heteroatoms. The highest BCUT2D eigenvalue weighted by Crippen LogP contribution is 2.27. The third-order valence-electron chi connectivity index (χ3n) is 2.57. The van der Waals surface area contributed by atoms with Crippen LogP contribution >= 0.6 is 46.3 Å². The highest BCUT2D eigenvalue weighted by molar-refractivity contribution is 8.01. The predicted molar refractivity (Wildman–Crippen MR) is 89.7 cm³/mol. The maximum atomic E-state index is 11.9. The van der Waals surface area contributed by atoms with Gasteiger partial charge < -0.3 is 5.32 Å². The quantitative estimate of drug-likeness (QED) is 0.606. The summed E-state index contributed by atoms with van der Waals surface area (Å²) in [6, 6.07) is 5.41. The van der Waals surface area contributed by atoms with E-state index in [1.807, 2.05) is 19.1 Å². The molecule has 0 bridgehead atoms. The van der Waals surface area contributed by atoms with Gasteiger partial charge in [-0.2, -0.15) is 0 Å². The minimum Gasteiger partial charge on any atom is -0.300 e. The van der Waals surface area contributed by atoms with Gasteiger partial charge in [0.1, 0.15) is 0 Å². The van der Waals surface area contributed by atoms with E-state index >= 15 is 0 Å². The van der Waals surface area contributed by atoms with E-state index in [4.69, 9.17) is 23.2 Å². The molecule has 0 aliphatic carbocycles. The van der Waals surface area contributed by atoms with Crippen molar-refractivity contribution in [2.24, 2.45) is 0 Å². The first-order chi connectivity index (χ1) is 10.1. The van der Waals surface area contributed by atoms with Crippen LogP contribution in [0.25, 0.3) is 0 Å². The molecule has 4 nitrogen and oxygen atoms in total. The Labute approximate surface area is 141 Å². The number of aryl methyl sites for hydroxylation is 1. The second kappa shape index (κ2) is 7.98. The van der Waals surface area contributed by atoms with Gasteiger partial charge in [-0.1, -0.05) is 65.4 Å². The van der Waals surface area contributed by atoms with Crippen molar-refractivity contribution in [3.05, 3.63) is 33.8 Å². The topological polar surface area (TPSA) is 54.9 Å². The monoisotopic (exact) mass is 361 g/mol. The van der Waals surface area contributed by atoms with Crippen molar-refractivity contribution in [1.29, 1.82) is 0 Å². The molecule has 2 aromatic rings. The third kappa shape index (κ3) is 4.85. The van der Waals surface area contributed by atoms with Gasteiger partial charge in [0, 0.05) is 6.42 Å². The number of carbonyl (C=O) groups is 1. The van der Waals surface area contributed by atoms with Crippen LogP contribution in [0, 0.1) is 0 Å². The molecule has 1 N–H and O–H groups in total. The van der Waals surface area contributed by atoms with Gasteiger partial charge in [-0.05, 0) is 23.8 Å². The Morgan fingerprint density at radius 1 is 1.38 bits per heavy atom. The SMILES string of the molecule is CCSc1nnc(NC(=O)CCc2cccc(Cl)c2Cl)s1. The number of halogens is 2. The molecule has 0 unspecified atom stereocenters. The van der Waals surface area contributed by atoms with Crippen LogP contribution in [0.5, 0.6) is 0 Å². The van der Waals surface area contributed by atoms with Crippen molar-refractivity contribution in [2.45, 2.75) is 24.1 Å². The lowest BCUT2D eigenvalue weighted by Crippen LogP contribution is -2.12. The van der Waals surface area contributed by atoms with E-state index in [1.54, 1.807) is 17.8 Å². The highest BCUT2D eigenvalue weighted by Gasteiger charge is 2.10. The third-order valence-corrected chi connectivity index (χ3v) is 5.29. The number of amides is 1. The maximum absolute atomic E-state index is 11.9. The van der Waals surface area contributed by atoms with Crippen molar-refractivity contribution in [3.8, 4) is 0 Å². The predicted octanol–water partition coefficient (Wildman–Crippen LogP) is 4.53. The summed E-state index contributed by atoms with van der Waals surface area (Å²) in [7, 11) is 0. The zero-order valence-electron chi connectivity index (χ0n) is 11.2. The van der Waals surface area contributed by atoms with E-state index in [-0.39, 0.29) is 5.91 Å². The molecular formula is C13H13Cl2N3OS2. The summed E-state index contributed by atoms with van der Waals surface area (Å²) in [4.78, 5) is 11.9. The maximum Gasteiger partial charge on any atom is 0.226 e. The lowest BCUT2D eigenvalue weighted by molar-refractivity contribution is -0.116. The van der Waals surface area contributed by atoms with Gasteiger partial charge >= 0.3 is 0 Å². The molecule has 0 saturated carbocycles. The van der Waals surface area contributed by atoms with Crippen LogP contribution in [0.3, 0.4) is 0 Å². The van der Waals surface area contributed by atoms with Crippen LogP contribution in [-0.4, -0.2) is 21.9 Å². The van der Waals surface area contributed by atoms with Gasteiger partial charge in [0.25, 0.3) is 0 Å². The fraction of sp³-hybridized carbons (Fsp3) is 0.308. The molecule has 1 heterocycles. The molecule has 21 heavy (non-hydrogen) atoms. The Morgan fingerprint density at radius 3 is 2.95 bits per heavy atom. The highest BCUT2D eigenvalue weighted by atomic mass is 35.5. The Bertz CT molecular complexity index is 634. The van der Waals surface area contributed by atoms with Gasteiger partial charge in [-0.3, -0.25) is 4.79 Å². The second-order valence-electron chi connectivity index (χ2n) is 4.07. The average molecular weight is 362 g/mol. The summed E-state index contributed by atoms with van der Waals surface area (Å²) < 4.78 is 0.852. The van der Waals surface area contributed by atoms with Gasteiger partial charge in [0.05, 0.1) is 10.0 Å². The fourth-order valence-corrected chi connectivity index (χ4v) is 3.69. The van der Waals surface area contributed by atoms with E-state index in [1.165, 1.54) is 11.3 Å². The van der Waals surface area contributed by atoms with Gasteiger partial charge in [0.15, 0.2) is 4.34 Å². The fourth-order valence-electron chi connectivity index (χ4n) is 1.61. The van der Waals surface area contributed by atoms with Gasteiger partial charge in [0.2, 0.25) is 11.0 Å². The molecule has 0 spiro atoms. The van der Waals surface area contributed by atoms with Crippen LogP contribution in [0.1, 0.15) is 18.9 Å². The first kappa shape index (κ1) is 16.5. The van der Waals surface area contributed by atoms with Crippen LogP contribution in [0.15, 0.2) is 22.5 Å². The second-order valence-corrected chi connectivity index (χ2v) is 7.34. The molecule has 0 aliphatic rings. The Hall–Kier alpha value is -0.820. The van der Waals surface area contributed by atoms with E-state index < -0.39 is 0 Å². The molecule has 1 aromatic heterocycles. The molecule has 1 amide bonds. The Balaban J connectivity index is 1.88. The van der Waals surface area contributed by atoms with Crippen LogP contribution in [0.4, 0.5) is 5.13 Å².